The number of piperazine rings is 1. The number of fused-ring (bicyclic) bond motifs is 4. The molecule has 5 heterocycles. The Bertz CT molecular complexity index is 1310. The molecule has 3 aromatic rings. The predicted molar refractivity (Wildman–Crippen MR) is 129 cm³/mol. The second-order valence-corrected chi connectivity index (χ2v) is 10.8. The van der Waals surface area contributed by atoms with Gasteiger partial charge in [0, 0.05) is 58.6 Å². The molecular weight excluding hydrogens is 435 g/mol. The van der Waals surface area contributed by atoms with Gasteiger partial charge in [-0.2, -0.15) is 5.26 Å². The molecule has 6 nitrogen and oxygen atoms in total. The third-order valence-corrected chi connectivity index (χ3v) is 8.83. The lowest BCUT2D eigenvalue weighted by atomic mass is 9.82. The van der Waals surface area contributed by atoms with Gasteiger partial charge in [-0.05, 0) is 57.1 Å². The number of nitriles is 1. The molecule has 2 aliphatic heterocycles. The van der Waals surface area contributed by atoms with Crippen LogP contribution in [0.3, 0.4) is 0 Å². The number of anilines is 2. The third-order valence-electron chi connectivity index (χ3n) is 7.73. The van der Waals surface area contributed by atoms with Crippen molar-refractivity contribution in [2.24, 2.45) is 0 Å². The normalized spacial score (nSPS) is 24.2. The number of nitrogen functional groups attached to an aromatic ring is 1. The highest BCUT2D eigenvalue weighted by atomic mass is 32.1. The van der Waals surface area contributed by atoms with Crippen molar-refractivity contribution >= 4 is 32.9 Å². The molecule has 0 saturated carbocycles. The Labute approximate surface area is 196 Å². The molecule has 8 heteroatoms. The average molecular weight is 463 g/mol. The largest absolute Gasteiger partial charge is 0.389 e. The topological polar surface area (TPSA) is 90.9 Å². The molecule has 6 rings (SSSR count). The van der Waals surface area contributed by atoms with Gasteiger partial charge in [-0.3, -0.25) is 4.98 Å². The molecule has 2 saturated heterocycles. The highest BCUT2D eigenvalue weighted by molar-refractivity contribution is 7.16. The van der Waals surface area contributed by atoms with Gasteiger partial charge in [0.15, 0.2) is 5.82 Å². The summed E-state index contributed by atoms with van der Waals surface area (Å²) < 4.78 is 16.3. The number of nitrogens with one attached hydrogen (secondary N) is 1. The molecule has 3 atom stereocenters. The Morgan fingerprint density at radius 2 is 2.00 bits per heavy atom. The number of aryl methyl sites for hydroxylation is 3. The second kappa shape index (κ2) is 7.64. The highest BCUT2D eigenvalue weighted by Crippen LogP contribution is 2.46. The average Bonchev–Trinajstić information content (AvgIpc) is 3.32. The first-order valence-corrected chi connectivity index (χ1v) is 12.5. The number of rotatable bonds is 2. The van der Waals surface area contributed by atoms with Gasteiger partial charge < -0.3 is 16.0 Å². The lowest BCUT2D eigenvalue weighted by Gasteiger charge is -2.35. The Kier molecular flexibility index (Phi) is 4.82. The zero-order chi connectivity index (χ0) is 22.9. The molecule has 0 radical (unpaired) electrons. The predicted octanol–water partition coefficient (Wildman–Crippen LogP) is 4.31. The minimum atomic E-state index is -0.277. The highest BCUT2D eigenvalue weighted by Gasteiger charge is 2.35. The van der Waals surface area contributed by atoms with E-state index in [0.717, 1.165) is 65.3 Å². The fourth-order valence-corrected chi connectivity index (χ4v) is 7.16. The molecule has 2 bridgehead atoms. The molecule has 33 heavy (non-hydrogen) atoms. The summed E-state index contributed by atoms with van der Waals surface area (Å²) in [6.07, 6.45) is 6.75. The summed E-state index contributed by atoms with van der Waals surface area (Å²) in [5, 5.41) is 15.3. The van der Waals surface area contributed by atoms with Crippen LogP contribution in [0.15, 0.2) is 6.20 Å². The van der Waals surface area contributed by atoms with Crippen LogP contribution >= 0.6 is 11.3 Å². The van der Waals surface area contributed by atoms with Crippen molar-refractivity contribution in [1.29, 1.82) is 5.26 Å². The minimum Gasteiger partial charge on any atom is -0.389 e. The van der Waals surface area contributed by atoms with E-state index in [2.05, 4.69) is 16.3 Å². The first-order valence-electron chi connectivity index (χ1n) is 11.7. The van der Waals surface area contributed by atoms with Crippen molar-refractivity contribution in [3.05, 3.63) is 45.0 Å². The van der Waals surface area contributed by atoms with Gasteiger partial charge >= 0.3 is 0 Å². The van der Waals surface area contributed by atoms with E-state index in [1.54, 1.807) is 0 Å². The van der Waals surface area contributed by atoms with Crippen molar-refractivity contribution in [3.63, 3.8) is 0 Å². The summed E-state index contributed by atoms with van der Waals surface area (Å²) in [4.78, 5) is 13.0. The first-order chi connectivity index (χ1) is 16.0. The zero-order valence-electron chi connectivity index (χ0n) is 18.9. The summed E-state index contributed by atoms with van der Waals surface area (Å²) in [7, 11) is 0. The lowest BCUT2D eigenvalue weighted by Crippen LogP contribution is -2.51. The van der Waals surface area contributed by atoms with Crippen LogP contribution in [0.1, 0.15) is 64.6 Å². The second-order valence-electron chi connectivity index (χ2n) is 9.67. The first kappa shape index (κ1) is 20.8. The van der Waals surface area contributed by atoms with Gasteiger partial charge in [0.1, 0.15) is 16.9 Å². The number of hydrogen-bond donors (Lipinski definition) is 2. The van der Waals surface area contributed by atoms with Crippen LogP contribution in [0, 0.1) is 31.0 Å². The quantitative estimate of drug-likeness (QED) is 0.590. The van der Waals surface area contributed by atoms with Crippen LogP contribution < -0.4 is 16.0 Å². The van der Waals surface area contributed by atoms with E-state index in [4.69, 9.17) is 15.7 Å². The van der Waals surface area contributed by atoms with E-state index in [0.29, 0.717) is 33.7 Å². The Hall–Kier alpha value is -2.76. The number of thiophene rings is 1. The SMILES string of the molecule is Cc1nc(N2CC3CCC(C2)N3)c2cnc(C3CCCc4sc(N)c(C#N)c43)c(F)c2c1C. The molecule has 3 unspecified atom stereocenters. The van der Waals surface area contributed by atoms with Crippen LogP contribution in [0.25, 0.3) is 10.8 Å². The van der Waals surface area contributed by atoms with Gasteiger partial charge in [-0.1, -0.05) is 0 Å². The third kappa shape index (κ3) is 3.13. The molecule has 3 N–H and O–H groups in total. The van der Waals surface area contributed by atoms with Crippen molar-refractivity contribution in [2.45, 2.75) is 64.0 Å². The Morgan fingerprint density at radius 1 is 1.24 bits per heavy atom. The zero-order valence-corrected chi connectivity index (χ0v) is 19.7. The van der Waals surface area contributed by atoms with E-state index < -0.39 is 0 Å². The molecule has 0 spiro atoms. The van der Waals surface area contributed by atoms with Crippen LogP contribution in [-0.2, 0) is 6.42 Å². The summed E-state index contributed by atoms with van der Waals surface area (Å²) in [5.41, 5.74) is 9.66. The fraction of sp³-hybridized carbons (Fsp3) is 0.480. The van der Waals surface area contributed by atoms with Gasteiger partial charge in [0.2, 0.25) is 0 Å². The number of aromatic nitrogens is 2. The van der Waals surface area contributed by atoms with Gasteiger partial charge in [0.25, 0.3) is 0 Å². The van der Waals surface area contributed by atoms with Crippen LogP contribution in [0.5, 0.6) is 0 Å². The van der Waals surface area contributed by atoms with Crippen molar-refractivity contribution in [1.82, 2.24) is 15.3 Å². The Morgan fingerprint density at radius 3 is 2.73 bits per heavy atom. The molecule has 170 valence electrons. The Balaban J connectivity index is 1.52. The van der Waals surface area contributed by atoms with Crippen molar-refractivity contribution in [3.8, 4) is 6.07 Å². The van der Waals surface area contributed by atoms with E-state index in [1.807, 2.05) is 20.0 Å². The van der Waals surface area contributed by atoms with Gasteiger partial charge in [0.05, 0.1) is 11.3 Å². The van der Waals surface area contributed by atoms with Crippen LogP contribution in [0.2, 0.25) is 0 Å². The lowest BCUT2D eigenvalue weighted by molar-refractivity contribution is 0.464. The summed E-state index contributed by atoms with van der Waals surface area (Å²) in [6.45, 7) is 5.67. The molecular formula is C25H27FN6S. The van der Waals surface area contributed by atoms with Crippen molar-refractivity contribution < 1.29 is 4.39 Å². The molecule has 3 aliphatic rings. The van der Waals surface area contributed by atoms with Crippen LogP contribution in [0.4, 0.5) is 15.2 Å². The summed E-state index contributed by atoms with van der Waals surface area (Å²) in [6, 6.07) is 3.19. The number of halogens is 1. The molecule has 3 aromatic heterocycles. The maximum absolute atomic E-state index is 16.3. The van der Waals surface area contributed by atoms with Gasteiger partial charge in [-0.25, -0.2) is 9.37 Å². The molecule has 0 amide bonds. The maximum Gasteiger partial charge on any atom is 0.153 e. The maximum atomic E-state index is 16.3. The number of nitrogens with zero attached hydrogens (tertiary/aromatic N) is 4. The minimum absolute atomic E-state index is 0.243. The standard InChI is InChI=1S/C25H27FN6S/c1-12-13(2)30-25(32-10-14-6-7-15(11-32)31-14)18-9-29-23(22(26)20(12)18)16-4-3-5-19-21(16)17(8-27)24(28)33-19/h9,14-16,31H,3-7,10-11,28H2,1-2H3. The van der Waals surface area contributed by atoms with E-state index >= 15 is 4.39 Å². The number of nitrogens with two attached hydrogens (primary N) is 1. The molecule has 1 aliphatic carbocycles. The van der Waals surface area contributed by atoms with Crippen molar-refractivity contribution in [2.75, 3.05) is 23.7 Å². The number of pyridine rings is 2. The summed E-state index contributed by atoms with van der Waals surface area (Å²) >= 11 is 1.46. The van der Waals surface area contributed by atoms with E-state index in [1.165, 1.54) is 24.2 Å². The fourth-order valence-electron chi connectivity index (χ4n) is 6.04. The summed E-state index contributed by atoms with van der Waals surface area (Å²) in [5.74, 6) is 0.320. The smallest absolute Gasteiger partial charge is 0.153 e. The van der Waals surface area contributed by atoms with Crippen LogP contribution in [-0.4, -0.2) is 35.1 Å². The molecule has 0 aromatic carbocycles. The van der Waals surface area contributed by atoms with E-state index in [-0.39, 0.29) is 11.7 Å². The molecule has 2 fully saturated rings. The number of hydrogen-bond acceptors (Lipinski definition) is 7. The van der Waals surface area contributed by atoms with E-state index in [9.17, 15) is 5.26 Å². The monoisotopic (exact) mass is 462 g/mol. The van der Waals surface area contributed by atoms with Gasteiger partial charge in [-0.15, -0.1) is 11.3 Å².